The van der Waals surface area contributed by atoms with Crippen LogP contribution >= 0.6 is 0 Å². The van der Waals surface area contributed by atoms with Crippen molar-refractivity contribution in [1.82, 2.24) is 0 Å². The highest BCUT2D eigenvalue weighted by Crippen LogP contribution is 2.18. The van der Waals surface area contributed by atoms with E-state index in [1.165, 1.54) is 17.7 Å². The summed E-state index contributed by atoms with van der Waals surface area (Å²) in [5.41, 5.74) is 2.94. The molecule has 0 heterocycles. The lowest BCUT2D eigenvalue weighted by molar-refractivity contribution is 0.598. The average Bonchev–Trinajstić information content (AvgIpc) is 2.32. The van der Waals surface area contributed by atoms with E-state index in [1.54, 1.807) is 12.1 Å². The first-order valence-corrected chi connectivity index (χ1v) is 6.96. The fourth-order valence-electron chi connectivity index (χ4n) is 1.53. The Kier molecular flexibility index (Phi) is 3.36. The SMILES string of the molecule is Cc1ccc(Nc2ccc(S(N)(=O)=O)cc2)cc1. The molecule has 0 aliphatic heterocycles. The molecule has 0 unspecified atom stereocenters. The number of nitrogens with one attached hydrogen (secondary N) is 1. The second-order valence-corrected chi connectivity index (χ2v) is 5.62. The van der Waals surface area contributed by atoms with E-state index in [0.29, 0.717) is 0 Å². The lowest BCUT2D eigenvalue weighted by atomic mass is 10.2. The molecule has 0 radical (unpaired) electrons. The number of rotatable bonds is 3. The summed E-state index contributed by atoms with van der Waals surface area (Å²) in [4.78, 5) is 0.108. The number of hydrogen-bond donors (Lipinski definition) is 2. The number of aryl methyl sites for hydroxylation is 1. The van der Waals surface area contributed by atoms with Crippen LogP contribution in [0.3, 0.4) is 0 Å². The molecule has 2 aromatic carbocycles. The summed E-state index contributed by atoms with van der Waals surface area (Å²) in [5.74, 6) is 0. The zero-order chi connectivity index (χ0) is 13.2. The van der Waals surface area contributed by atoms with Gasteiger partial charge in [0.2, 0.25) is 10.0 Å². The standard InChI is InChI=1S/C13H14N2O2S/c1-10-2-4-11(5-3-10)15-12-6-8-13(9-7-12)18(14,16)17/h2-9,15H,1H3,(H2,14,16,17). The predicted molar refractivity (Wildman–Crippen MR) is 72.3 cm³/mol. The van der Waals surface area contributed by atoms with Crippen molar-refractivity contribution in [3.63, 3.8) is 0 Å². The highest BCUT2D eigenvalue weighted by atomic mass is 32.2. The summed E-state index contributed by atoms with van der Waals surface area (Å²) in [6, 6.07) is 14.2. The van der Waals surface area contributed by atoms with Crippen LogP contribution in [0.15, 0.2) is 53.4 Å². The van der Waals surface area contributed by atoms with Gasteiger partial charge in [0.05, 0.1) is 4.90 Å². The fourth-order valence-corrected chi connectivity index (χ4v) is 2.05. The third-order valence-electron chi connectivity index (χ3n) is 2.52. The van der Waals surface area contributed by atoms with E-state index in [4.69, 9.17) is 5.14 Å². The molecule has 0 aliphatic carbocycles. The van der Waals surface area contributed by atoms with Gasteiger partial charge in [-0.3, -0.25) is 0 Å². The van der Waals surface area contributed by atoms with E-state index >= 15 is 0 Å². The van der Waals surface area contributed by atoms with Crippen LogP contribution in [0.2, 0.25) is 0 Å². The van der Waals surface area contributed by atoms with Crippen molar-refractivity contribution in [3.8, 4) is 0 Å². The molecule has 2 rings (SSSR count). The van der Waals surface area contributed by atoms with Crippen LogP contribution in [0.4, 0.5) is 11.4 Å². The van der Waals surface area contributed by atoms with E-state index in [0.717, 1.165) is 11.4 Å². The molecule has 18 heavy (non-hydrogen) atoms. The molecule has 0 aliphatic rings. The van der Waals surface area contributed by atoms with Gasteiger partial charge in [-0.2, -0.15) is 0 Å². The van der Waals surface area contributed by atoms with Crippen LogP contribution in [-0.4, -0.2) is 8.42 Å². The molecule has 2 aromatic rings. The minimum absolute atomic E-state index is 0.108. The van der Waals surface area contributed by atoms with Gasteiger partial charge in [0.15, 0.2) is 0 Å². The first-order chi connectivity index (χ1) is 8.45. The van der Waals surface area contributed by atoms with Crippen molar-refractivity contribution >= 4 is 21.4 Å². The van der Waals surface area contributed by atoms with E-state index in [-0.39, 0.29) is 4.90 Å². The quantitative estimate of drug-likeness (QED) is 0.892. The molecule has 0 saturated carbocycles. The van der Waals surface area contributed by atoms with Crippen molar-refractivity contribution in [1.29, 1.82) is 0 Å². The Morgan fingerprint density at radius 3 is 1.78 bits per heavy atom. The van der Waals surface area contributed by atoms with E-state index in [2.05, 4.69) is 5.32 Å². The van der Waals surface area contributed by atoms with Crippen LogP contribution in [0.25, 0.3) is 0 Å². The second-order valence-electron chi connectivity index (χ2n) is 4.06. The maximum absolute atomic E-state index is 11.1. The highest BCUT2D eigenvalue weighted by Gasteiger charge is 2.06. The minimum atomic E-state index is -3.63. The van der Waals surface area contributed by atoms with Crippen LogP contribution in [-0.2, 0) is 10.0 Å². The number of nitrogens with two attached hydrogens (primary N) is 1. The third-order valence-corrected chi connectivity index (χ3v) is 3.45. The average molecular weight is 262 g/mol. The lowest BCUT2D eigenvalue weighted by Crippen LogP contribution is -2.11. The molecule has 0 saturated heterocycles. The van der Waals surface area contributed by atoms with Crippen molar-refractivity contribution in [2.24, 2.45) is 5.14 Å². The molecule has 4 nitrogen and oxygen atoms in total. The van der Waals surface area contributed by atoms with Gasteiger partial charge in [-0.1, -0.05) is 17.7 Å². The van der Waals surface area contributed by atoms with E-state index < -0.39 is 10.0 Å². The van der Waals surface area contributed by atoms with E-state index in [1.807, 2.05) is 31.2 Å². The van der Waals surface area contributed by atoms with Crippen LogP contribution < -0.4 is 10.5 Å². The van der Waals surface area contributed by atoms with Gasteiger partial charge < -0.3 is 5.32 Å². The fraction of sp³-hybridized carbons (Fsp3) is 0.0769. The highest BCUT2D eigenvalue weighted by molar-refractivity contribution is 7.89. The Balaban J connectivity index is 2.18. The Morgan fingerprint density at radius 2 is 1.33 bits per heavy atom. The number of anilines is 2. The van der Waals surface area contributed by atoms with Gasteiger partial charge >= 0.3 is 0 Å². The van der Waals surface area contributed by atoms with Crippen LogP contribution in [0.1, 0.15) is 5.56 Å². The first-order valence-electron chi connectivity index (χ1n) is 5.42. The normalized spacial score (nSPS) is 11.2. The Bertz CT molecular complexity index is 632. The molecule has 0 amide bonds. The molecule has 3 N–H and O–H groups in total. The van der Waals surface area contributed by atoms with E-state index in [9.17, 15) is 8.42 Å². The van der Waals surface area contributed by atoms with Crippen molar-refractivity contribution in [2.45, 2.75) is 11.8 Å². The predicted octanol–water partition coefficient (Wildman–Crippen LogP) is 2.39. The Labute approximate surface area is 107 Å². The molecular formula is C13H14N2O2S. The van der Waals surface area contributed by atoms with Crippen molar-refractivity contribution in [3.05, 3.63) is 54.1 Å². The van der Waals surface area contributed by atoms with Gasteiger partial charge in [-0.25, -0.2) is 13.6 Å². The first kappa shape index (κ1) is 12.6. The van der Waals surface area contributed by atoms with Gasteiger partial charge in [-0.15, -0.1) is 0 Å². The summed E-state index contributed by atoms with van der Waals surface area (Å²) in [6.45, 7) is 2.02. The number of hydrogen-bond acceptors (Lipinski definition) is 3. The third kappa shape index (κ3) is 3.09. The van der Waals surface area contributed by atoms with Gasteiger partial charge in [0.25, 0.3) is 0 Å². The summed E-state index contributed by atoms with van der Waals surface area (Å²) in [5, 5.41) is 8.20. The summed E-state index contributed by atoms with van der Waals surface area (Å²) < 4.78 is 22.2. The van der Waals surface area contributed by atoms with Gasteiger partial charge in [0.1, 0.15) is 0 Å². The topological polar surface area (TPSA) is 72.2 Å². The largest absolute Gasteiger partial charge is 0.356 e. The summed E-state index contributed by atoms with van der Waals surface area (Å²) >= 11 is 0. The zero-order valence-electron chi connectivity index (χ0n) is 9.92. The summed E-state index contributed by atoms with van der Waals surface area (Å²) in [7, 11) is -3.63. The molecule has 0 atom stereocenters. The monoisotopic (exact) mass is 262 g/mol. The lowest BCUT2D eigenvalue weighted by Gasteiger charge is -2.07. The van der Waals surface area contributed by atoms with Gasteiger partial charge in [0, 0.05) is 11.4 Å². The Morgan fingerprint density at radius 1 is 0.889 bits per heavy atom. The second kappa shape index (κ2) is 4.80. The molecule has 0 spiro atoms. The minimum Gasteiger partial charge on any atom is -0.356 e. The number of primary sulfonamides is 1. The molecule has 0 aromatic heterocycles. The zero-order valence-corrected chi connectivity index (χ0v) is 10.7. The molecule has 0 fully saturated rings. The maximum Gasteiger partial charge on any atom is 0.238 e. The number of sulfonamides is 1. The molecule has 94 valence electrons. The smallest absolute Gasteiger partial charge is 0.238 e. The Hall–Kier alpha value is -1.85. The molecule has 0 bridgehead atoms. The van der Waals surface area contributed by atoms with Crippen molar-refractivity contribution < 1.29 is 8.42 Å². The van der Waals surface area contributed by atoms with Crippen molar-refractivity contribution in [2.75, 3.05) is 5.32 Å². The molecular weight excluding hydrogens is 248 g/mol. The molecule has 5 heteroatoms. The van der Waals surface area contributed by atoms with Crippen LogP contribution in [0, 0.1) is 6.92 Å². The number of benzene rings is 2. The maximum atomic E-state index is 11.1. The summed E-state index contributed by atoms with van der Waals surface area (Å²) in [6.07, 6.45) is 0. The van der Waals surface area contributed by atoms with Gasteiger partial charge in [-0.05, 0) is 43.3 Å². The van der Waals surface area contributed by atoms with Crippen LogP contribution in [0.5, 0.6) is 0 Å².